The number of carbonyl (C=O) groups excluding carboxylic acids is 3. The molecule has 3 amide bonds. The minimum absolute atomic E-state index is 0.221. The Kier molecular flexibility index (Phi) is 3.93. The summed E-state index contributed by atoms with van der Waals surface area (Å²) in [5, 5.41) is 2.84. The first kappa shape index (κ1) is 15.0. The topological polar surface area (TPSA) is 66.5 Å². The van der Waals surface area contributed by atoms with E-state index in [1.165, 1.54) is 0 Å². The summed E-state index contributed by atoms with van der Waals surface area (Å²) in [7, 11) is 0. The fourth-order valence-corrected chi connectivity index (χ4v) is 2.56. The molecule has 1 N–H and O–H groups in total. The van der Waals surface area contributed by atoms with Crippen molar-refractivity contribution < 1.29 is 14.4 Å². The van der Waals surface area contributed by atoms with Crippen molar-refractivity contribution in [1.29, 1.82) is 0 Å². The molecule has 2 aromatic carbocycles. The Morgan fingerprint density at radius 3 is 2.39 bits per heavy atom. The van der Waals surface area contributed by atoms with Crippen LogP contribution in [0.4, 0.5) is 11.4 Å². The maximum Gasteiger partial charge on any atom is 0.255 e. The lowest BCUT2D eigenvalue weighted by atomic mass is 10.1. The van der Waals surface area contributed by atoms with Gasteiger partial charge in [0.2, 0.25) is 11.8 Å². The summed E-state index contributed by atoms with van der Waals surface area (Å²) in [4.78, 5) is 37.2. The third-order valence-corrected chi connectivity index (χ3v) is 3.81. The molecule has 3 rings (SSSR count). The Hall–Kier alpha value is -2.95. The first-order chi connectivity index (χ1) is 11.1. The summed E-state index contributed by atoms with van der Waals surface area (Å²) in [6.07, 6.45) is 0.441. The molecule has 1 aliphatic heterocycles. The van der Waals surface area contributed by atoms with Crippen LogP contribution >= 0.6 is 0 Å². The summed E-state index contributed by atoms with van der Waals surface area (Å²) in [6.45, 7) is 1.91. The van der Waals surface area contributed by atoms with Crippen molar-refractivity contribution in [2.75, 3.05) is 10.2 Å². The minimum Gasteiger partial charge on any atom is -0.322 e. The zero-order valence-corrected chi connectivity index (χ0v) is 12.7. The molecular weight excluding hydrogens is 292 g/mol. The third-order valence-electron chi connectivity index (χ3n) is 3.81. The minimum atomic E-state index is -0.278. The lowest BCUT2D eigenvalue weighted by Crippen LogP contribution is -2.28. The zero-order valence-electron chi connectivity index (χ0n) is 12.7. The van der Waals surface area contributed by atoms with Gasteiger partial charge in [0.15, 0.2) is 0 Å². The number of carbonyl (C=O) groups is 3. The molecule has 1 saturated heterocycles. The van der Waals surface area contributed by atoms with Crippen molar-refractivity contribution in [2.45, 2.75) is 19.8 Å². The van der Waals surface area contributed by atoms with Gasteiger partial charge in [-0.2, -0.15) is 0 Å². The Balaban J connectivity index is 1.85. The van der Waals surface area contributed by atoms with Gasteiger partial charge in [0.1, 0.15) is 0 Å². The van der Waals surface area contributed by atoms with Crippen LogP contribution in [0.1, 0.15) is 28.8 Å². The van der Waals surface area contributed by atoms with E-state index in [9.17, 15) is 14.4 Å². The summed E-state index contributed by atoms with van der Waals surface area (Å²) < 4.78 is 0. The molecule has 0 bridgehead atoms. The highest BCUT2D eigenvalue weighted by Crippen LogP contribution is 2.24. The lowest BCUT2D eigenvalue weighted by Gasteiger charge is -2.15. The van der Waals surface area contributed by atoms with E-state index in [0.29, 0.717) is 11.3 Å². The molecule has 5 heteroatoms. The van der Waals surface area contributed by atoms with E-state index in [4.69, 9.17) is 0 Å². The number of anilines is 2. The molecule has 23 heavy (non-hydrogen) atoms. The van der Waals surface area contributed by atoms with Crippen molar-refractivity contribution in [1.82, 2.24) is 0 Å². The maximum absolute atomic E-state index is 12.4. The normalized spacial score (nSPS) is 14.2. The molecule has 2 aromatic rings. The standard InChI is InChI=1S/C18H16N2O3/c1-12-5-2-3-8-15(12)19-18(23)13-6-4-7-14(11-13)20-16(21)9-10-17(20)22/h2-8,11H,9-10H2,1H3,(H,19,23). The maximum atomic E-state index is 12.4. The second kappa shape index (κ2) is 6.04. The first-order valence-electron chi connectivity index (χ1n) is 7.39. The molecule has 5 nitrogen and oxygen atoms in total. The summed E-state index contributed by atoms with van der Waals surface area (Å²) in [5.74, 6) is -0.738. The molecule has 1 fully saturated rings. The summed E-state index contributed by atoms with van der Waals surface area (Å²) in [6, 6.07) is 14.0. The Morgan fingerprint density at radius 2 is 1.70 bits per heavy atom. The predicted molar refractivity (Wildman–Crippen MR) is 87.3 cm³/mol. The smallest absolute Gasteiger partial charge is 0.255 e. The summed E-state index contributed by atoms with van der Waals surface area (Å²) in [5.41, 5.74) is 2.53. The van der Waals surface area contributed by atoms with Gasteiger partial charge in [0.25, 0.3) is 5.91 Å². The molecule has 116 valence electrons. The van der Waals surface area contributed by atoms with Gasteiger partial charge in [-0.05, 0) is 36.8 Å². The molecule has 0 unspecified atom stereocenters. The van der Waals surface area contributed by atoms with E-state index in [-0.39, 0.29) is 30.6 Å². The highest BCUT2D eigenvalue weighted by molar-refractivity contribution is 6.20. The number of benzene rings is 2. The van der Waals surface area contributed by atoms with Crippen LogP contribution in [0.15, 0.2) is 48.5 Å². The Bertz CT molecular complexity index is 782. The third kappa shape index (κ3) is 2.99. The van der Waals surface area contributed by atoms with Crippen molar-refractivity contribution in [2.24, 2.45) is 0 Å². The van der Waals surface area contributed by atoms with Gasteiger partial charge in [-0.15, -0.1) is 0 Å². The highest BCUT2D eigenvalue weighted by Gasteiger charge is 2.30. The molecule has 1 aliphatic rings. The van der Waals surface area contributed by atoms with Crippen LogP contribution in [0.2, 0.25) is 0 Å². The van der Waals surface area contributed by atoms with Crippen LogP contribution in [0.5, 0.6) is 0 Å². The van der Waals surface area contributed by atoms with Crippen LogP contribution in [-0.2, 0) is 9.59 Å². The predicted octanol–water partition coefficient (Wildman–Crippen LogP) is 2.90. The van der Waals surface area contributed by atoms with Gasteiger partial charge < -0.3 is 5.32 Å². The molecule has 0 spiro atoms. The molecule has 0 aliphatic carbocycles. The number of imide groups is 1. The monoisotopic (exact) mass is 308 g/mol. The van der Waals surface area contributed by atoms with Crippen LogP contribution < -0.4 is 10.2 Å². The number of amides is 3. The molecule has 0 radical (unpaired) electrons. The van der Waals surface area contributed by atoms with Gasteiger partial charge in [0, 0.05) is 24.1 Å². The van der Waals surface area contributed by atoms with Crippen LogP contribution in [0.3, 0.4) is 0 Å². The van der Waals surface area contributed by atoms with Gasteiger partial charge in [-0.3, -0.25) is 19.3 Å². The van der Waals surface area contributed by atoms with Crippen molar-refractivity contribution in [3.05, 3.63) is 59.7 Å². The first-order valence-corrected chi connectivity index (χ1v) is 7.39. The molecule has 0 aromatic heterocycles. The van der Waals surface area contributed by atoms with E-state index < -0.39 is 0 Å². The lowest BCUT2D eigenvalue weighted by molar-refractivity contribution is -0.121. The number of hydrogen-bond acceptors (Lipinski definition) is 3. The fraction of sp³-hybridized carbons (Fsp3) is 0.167. The number of para-hydroxylation sites is 1. The van der Waals surface area contributed by atoms with E-state index in [0.717, 1.165) is 16.2 Å². The van der Waals surface area contributed by atoms with E-state index >= 15 is 0 Å². The van der Waals surface area contributed by atoms with Crippen LogP contribution in [0.25, 0.3) is 0 Å². The number of nitrogens with zero attached hydrogens (tertiary/aromatic N) is 1. The second-order valence-corrected chi connectivity index (χ2v) is 5.44. The van der Waals surface area contributed by atoms with Crippen molar-refractivity contribution in [3.8, 4) is 0 Å². The average molecular weight is 308 g/mol. The largest absolute Gasteiger partial charge is 0.322 e. The van der Waals surface area contributed by atoms with E-state index in [1.807, 2.05) is 31.2 Å². The highest BCUT2D eigenvalue weighted by atomic mass is 16.2. The quantitative estimate of drug-likeness (QED) is 0.887. The van der Waals surface area contributed by atoms with Crippen molar-refractivity contribution >= 4 is 29.1 Å². The van der Waals surface area contributed by atoms with Gasteiger partial charge in [0.05, 0.1) is 5.69 Å². The number of rotatable bonds is 3. The van der Waals surface area contributed by atoms with Gasteiger partial charge in [-0.25, -0.2) is 0 Å². The zero-order chi connectivity index (χ0) is 16.4. The molecule has 0 atom stereocenters. The van der Waals surface area contributed by atoms with E-state index in [1.54, 1.807) is 24.3 Å². The fourth-order valence-electron chi connectivity index (χ4n) is 2.56. The number of aryl methyl sites for hydroxylation is 1. The summed E-state index contributed by atoms with van der Waals surface area (Å²) >= 11 is 0. The molecule has 0 saturated carbocycles. The Labute approximate surface area is 133 Å². The van der Waals surface area contributed by atoms with Crippen molar-refractivity contribution in [3.63, 3.8) is 0 Å². The van der Waals surface area contributed by atoms with Gasteiger partial charge in [-0.1, -0.05) is 24.3 Å². The molecule has 1 heterocycles. The second-order valence-electron chi connectivity index (χ2n) is 5.44. The average Bonchev–Trinajstić information content (AvgIpc) is 2.88. The number of hydrogen-bond donors (Lipinski definition) is 1. The SMILES string of the molecule is Cc1ccccc1NC(=O)c1cccc(N2C(=O)CCC2=O)c1. The van der Waals surface area contributed by atoms with E-state index in [2.05, 4.69) is 5.32 Å². The van der Waals surface area contributed by atoms with Crippen LogP contribution in [-0.4, -0.2) is 17.7 Å². The Morgan fingerprint density at radius 1 is 1.00 bits per heavy atom. The van der Waals surface area contributed by atoms with Crippen LogP contribution in [0, 0.1) is 6.92 Å². The molecular formula is C18H16N2O3. The number of nitrogens with one attached hydrogen (secondary N) is 1. The van der Waals surface area contributed by atoms with Gasteiger partial charge >= 0.3 is 0 Å².